The van der Waals surface area contributed by atoms with Gasteiger partial charge in [0.1, 0.15) is 6.42 Å². The summed E-state index contributed by atoms with van der Waals surface area (Å²) in [6.07, 6.45) is 4.64. The van der Waals surface area contributed by atoms with Gasteiger partial charge in [0.15, 0.2) is 0 Å². The number of nitrogens with one attached hydrogen (secondary N) is 1. The van der Waals surface area contributed by atoms with Crippen LogP contribution in [-0.4, -0.2) is 35.8 Å². The van der Waals surface area contributed by atoms with Gasteiger partial charge in [-0.1, -0.05) is 34.1 Å². The van der Waals surface area contributed by atoms with Crippen molar-refractivity contribution in [3.63, 3.8) is 0 Å². The number of halogens is 1. The third-order valence-electron chi connectivity index (χ3n) is 3.74. The van der Waals surface area contributed by atoms with Crippen LogP contribution in [0.5, 0.6) is 0 Å². The maximum absolute atomic E-state index is 12.0. The van der Waals surface area contributed by atoms with E-state index in [1.165, 1.54) is 6.08 Å². The molecule has 1 heterocycles. The molecule has 1 aliphatic heterocycles. The van der Waals surface area contributed by atoms with Crippen LogP contribution in [0.1, 0.15) is 24.8 Å². The van der Waals surface area contributed by atoms with Gasteiger partial charge in [0.25, 0.3) is 0 Å². The molecule has 0 saturated carbocycles. The van der Waals surface area contributed by atoms with Crippen molar-refractivity contribution in [1.82, 2.24) is 10.2 Å². The molecule has 120 valence electrons. The number of hydrogen-bond acceptors (Lipinski definition) is 3. The van der Waals surface area contributed by atoms with Crippen LogP contribution in [-0.2, 0) is 9.59 Å². The van der Waals surface area contributed by atoms with Gasteiger partial charge in [-0.15, -0.1) is 0 Å². The number of benzene rings is 1. The highest BCUT2D eigenvalue weighted by Gasteiger charge is 2.22. The maximum atomic E-state index is 12.0. The Morgan fingerprint density at radius 1 is 1.35 bits per heavy atom. The van der Waals surface area contributed by atoms with Gasteiger partial charge in [0.2, 0.25) is 11.8 Å². The van der Waals surface area contributed by atoms with Crippen molar-refractivity contribution in [2.75, 3.05) is 13.1 Å². The third kappa shape index (κ3) is 5.22. The molecule has 0 spiro atoms. The lowest BCUT2D eigenvalue weighted by molar-refractivity contribution is -0.131. The Kier molecular flexibility index (Phi) is 6.36. The first-order valence-electron chi connectivity index (χ1n) is 7.48. The minimum Gasteiger partial charge on any atom is -0.350 e. The highest BCUT2D eigenvalue weighted by atomic mass is 79.9. The molecule has 1 aromatic carbocycles. The van der Waals surface area contributed by atoms with Gasteiger partial charge in [-0.05, 0) is 30.5 Å². The Morgan fingerprint density at radius 3 is 2.70 bits per heavy atom. The fourth-order valence-corrected chi connectivity index (χ4v) is 2.89. The van der Waals surface area contributed by atoms with Crippen molar-refractivity contribution in [2.45, 2.75) is 25.3 Å². The molecule has 1 aromatic rings. The van der Waals surface area contributed by atoms with Crippen molar-refractivity contribution in [1.29, 1.82) is 5.26 Å². The van der Waals surface area contributed by atoms with Crippen LogP contribution < -0.4 is 5.32 Å². The summed E-state index contributed by atoms with van der Waals surface area (Å²) in [5.74, 6) is -0.270. The zero-order valence-electron chi connectivity index (χ0n) is 12.7. The number of carbonyl (C=O) groups excluding carboxylic acids is 2. The average Bonchev–Trinajstić information content (AvgIpc) is 2.55. The van der Waals surface area contributed by atoms with E-state index in [9.17, 15) is 9.59 Å². The molecule has 0 aliphatic carbocycles. The molecule has 5 nitrogen and oxygen atoms in total. The zero-order chi connectivity index (χ0) is 16.7. The van der Waals surface area contributed by atoms with E-state index in [4.69, 9.17) is 5.26 Å². The molecule has 23 heavy (non-hydrogen) atoms. The number of nitriles is 1. The number of rotatable bonds is 4. The average molecular weight is 376 g/mol. The fourth-order valence-electron chi connectivity index (χ4n) is 2.48. The summed E-state index contributed by atoms with van der Waals surface area (Å²) < 4.78 is 0.938. The molecule has 2 rings (SSSR count). The smallest absolute Gasteiger partial charge is 0.244 e. The summed E-state index contributed by atoms with van der Waals surface area (Å²) in [6.45, 7) is 1.17. The summed E-state index contributed by atoms with van der Waals surface area (Å²) in [7, 11) is 0. The van der Waals surface area contributed by atoms with Crippen LogP contribution in [0.2, 0.25) is 0 Å². The predicted octanol–water partition coefficient (Wildman–Crippen LogP) is 2.48. The molecule has 1 N–H and O–H groups in total. The van der Waals surface area contributed by atoms with E-state index >= 15 is 0 Å². The second kappa shape index (κ2) is 8.49. The van der Waals surface area contributed by atoms with Crippen LogP contribution in [0.15, 0.2) is 34.8 Å². The lowest BCUT2D eigenvalue weighted by Gasteiger charge is -2.31. The topological polar surface area (TPSA) is 73.2 Å². The molecule has 0 bridgehead atoms. The van der Waals surface area contributed by atoms with E-state index in [-0.39, 0.29) is 24.3 Å². The van der Waals surface area contributed by atoms with Gasteiger partial charge >= 0.3 is 0 Å². The number of likely N-dealkylation sites (tertiary alicyclic amines) is 1. The number of nitrogens with zero attached hydrogens (tertiary/aromatic N) is 2. The van der Waals surface area contributed by atoms with E-state index in [1.54, 1.807) is 11.0 Å². The Balaban J connectivity index is 1.80. The summed E-state index contributed by atoms with van der Waals surface area (Å²) in [5, 5.41) is 11.5. The number of carbonyl (C=O) groups is 2. The Morgan fingerprint density at radius 2 is 2.04 bits per heavy atom. The highest BCUT2D eigenvalue weighted by molar-refractivity contribution is 9.10. The molecular formula is C17H18BrN3O2. The normalized spacial score (nSPS) is 15.4. The molecule has 1 saturated heterocycles. The molecular weight excluding hydrogens is 358 g/mol. The summed E-state index contributed by atoms with van der Waals surface area (Å²) in [6, 6.07) is 9.62. The number of amides is 2. The fraction of sp³-hybridized carbons (Fsp3) is 0.353. The minimum absolute atomic E-state index is 0.0671. The molecule has 0 radical (unpaired) electrons. The molecule has 0 aromatic heterocycles. The van der Waals surface area contributed by atoms with Crippen molar-refractivity contribution in [3.8, 4) is 6.07 Å². The Labute approximate surface area is 144 Å². The predicted molar refractivity (Wildman–Crippen MR) is 91.2 cm³/mol. The van der Waals surface area contributed by atoms with Crippen LogP contribution in [0.4, 0.5) is 0 Å². The summed E-state index contributed by atoms with van der Waals surface area (Å²) in [4.78, 5) is 25.3. The molecule has 0 atom stereocenters. The van der Waals surface area contributed by atoms with Gasteiger partial charge in [0.05, 0.1) is 6.07 Å². The van der Waals surface area contributed by atoms with Gasteiger partial charge in [-0.25, -0.2) is 0 Å². The van der Waals surface area contributed by atoms with Crippen LogP contribution >= 0.6 is 15.9 Å². The van der Waals surface area contributed by atoms with Crippen molar-refractivity contribution in [3.05, 3.63) is 40.4 Å². The molecule has 0 unspecified atom stereocenters. The SMILES string of the molecule is N#CCC(=O)N1CCC(NC(=O)/C=C/c2ccccc2Br)CC1. The van der Waals surface area contributed by atoms with Crippen LogP contribution in [0, 0.1) is 11.3 Å². The lowest BCUT2D eigenvalue weighted by Crippen LogP contribution is -2.46. The first-order chi connectivity index (χ1) is 11.1. The monoisotopic (exact) mass is 375 g/mol. The second-order valence-electron chi connectivity index (χ2n) is 5.35. The van der Waals surface area contributed by atoms with Crippen LogP contribution in [0.3, 0.4) is 0 Å². The van der Waals surface area contributed by atoms with Gasteiger partial charge < -0.3 is 10.2 Å². The quantitative estimate of drug-likeness (QED) is 0.821. The Hall–Kier alpha value is -2.13. The second-order valence-corrected chi connectivity index (χ2v) is 6.21. The number of piperidine rings is 1. The largest absolute Gasteiger partial charge is 0.350 e. The third-order valence-corrected chi connectivity index (χ3v) is 4.47. The first-order valence-corrected chi connectivity index (χ1v) is 8.27. The van der Waals surface area contributed by atoms with Crippen molar-refractivity contribution < 1.29 is 9.59 Å². The Bertz CT molecular complexity index is 643. The molecule has 1 aliphatic rings. The van der Waals surface area contributed by atoms with E-state index < -0.39 is 0 Å². The molecule has 1 fully saturated rings. The summed E-state index contributed by atoms with van der Waals surface area (Å²) in [5.41, 5.74) is 0.944. The standard InChI is InChI=1S/C17H18BrN3O2/c18-15-4-2-1-3-13(15)5-6-16(22)20-14-8-11-21(12-9-14)17(23)7-10-19/h1-6,14H,7-9,11-12H2,(H,20,22)/b6-5+. The lowest BCUT2D eigenvalue weighted by atomic mass is 10.0. The first kappa shape index (κ1) is 17.2. The highest BCUT2D eigenvalue weighted by Crippen LogP contribution is 2.17. The maximum Gasteiger partial charge on any atom is 0.244 e. The van der Waals surface area contributed by atoms with Crippen molar-refractivity contribution in [2.24, 2.45) is 0 Å². The molecule has 2 amide bonds. The van der Waals surface area contributed by atoms with Gasteiger partial charge in [-0.2, -0.15) is 5.26 Å². The van der Waals surface area contributed by atoms with E-state index in [0.717, 1.165) is 10.0 Å². The van der Waals surface area contributed by atoms with Crippen LogP contribution in [0.25, 0.3) is 6.08 Å². The molecule has 6 heteroatoms. The summed E-state index contributed by atoms with van der Waals surface area (Å²) >= 11 is 3.43. The van der Waals surface area contributed by atoms with E-state index in [0.29, 0.717) is 25.9 Å². The van der Waals surface area contributed by atoms with Crippen molar-refractivity contribution >= 4 is 33.8 Å². The van der Waals surface area contributed by atoms with Gasteiger partial charge in [0, 0.05) is 29.7 Å². The van der Waals surface area contributed by atoms with Gasteiger partial charge in [-0.3, -0.25) is 9.59 Å². The minimum atomic E-state index is -0.137. The zero-order valence-corrected chi connectivity index (χ0v) is 14.3. The number of hydrogen-bond donors (Lipinski definition) is 1. The van der Waals surface area contributed by atoms with E-state index in [2.05, 4.69) is 21.2 Å². The van der Waals surface area contributed by atoms with E-state index in [1.807, 2.05) is 30.3 Å².